The minimum absolute atomic E-state index is 0.0645. The van der Waals surface area contributed by atoms with E-state index in [4.69, 9.17) is 0 Å². The third-order valence-corrected chi connectivity index (χ3v) is 4.69. The number of aromatic nitrogens is 1. The van der Waals surface area contributed by atoms with E-state index >= 15 is 0 Å². The smallest absolute Gasteiger partial charge is 0.311 e. The van der Waals surface area contributed by atoms with Crippen molar-refractivity contribution in [2.45, 2.75) is 12.3 Å². The second-order valence-corrected chi connectivity index (χ2v) is 6.65. The highest BCUT2D eigenvalue weighted by Crippen LogP contribution is 2.30. The molecule has 3 aromatic rings. The van der Waals surface area contributed by atoms with Gasteiger partial charge in [0.1, 0.15) is 0 Å². The number of ketones is 1. The molecule has 0 fully saturated rings. The van der Waals surface area contributed by atoms with Crippen LogP contribution in [0.15, 0.2) is 59.2 Å². The number of nitrogens with zero attached hydrogens (tertiary/aromatic N) is 1. The average Bonchev–Trinajstić information content (AvgIpc) is 2.90. The summed E-state index contributed by atoms with van der Waals surface area (Å²) in [7, 11) is 1.88. The van der Waals surface area contributed by atoms with Gasteiger partial charge in [-0.05, 0) is 23.8 Å². The number of rotatable bonds is 5. The summed E-state index contributed by atoms with van der Waals surface area (Å²) in [5, 5.41) is 10.5. The number of Topliss-reactive ketones (excluding diaryl/α,β-unsaturated/α-hetero) is 1. The summed E-state index contributed by atoms with van der Waals surface area (Å²) < 4.78 is 2.77. The molecule has 0 aliphatic heterocycles. The van der Waals surface area contributed by atoms with Gasteiger partial charge in [0.15, 0.2) is 5.78 Å². The van der Waals surface area contributed by atoms with E-state index in [1.807, 2.05) is 35.9 Å². The van der Waals surface area contributed by atoms with Gasteiger partial charge in [0, 0.05) is 40.6 Å². The zero-order valence-corrected chi connectivity index (χ0v) is 14.7. The number of aliphatic carboxylic acids is 1. The van der Waals surface area contributed by atoms with E-state index in [0.717, 1.165) is 15.4 Å². The van der Waals surface area contributed by atoms with Gasteiger partial charge in [-0.3, -0.25) is 9.59 Å². The molecule has 0 aliphatic rings. The summed E-state index contributed by atoms with van der Waals surface area (Å²) in [5.74, 6) is -2.04. The van der Waals surface area contributed by atoms with Crippen LogP contribution in [0.25, 0.3) is 10.9 Å². The summed E-state index contributed by atoms with van der Waals surface area (Å²) in [6, 6.07) is 14.6. The number of carbonyl (C=O) groups excluding carboxylic acids is 1. The second kappa shape index (κ2) is 6.61. The minimum Gasteiger partial charge on any atom is -0.481 e. The van der Waals surface area contributed by atoms with Crippen LogP contribution in [-0.2, 0) is 11.8 Å². The van der Waals surface area contributed by atoms with Crippen LogP contribution in [-0.4, -0.2) is 21.4 Å². The Bertz CT molecular complexity index is 912. The Morgan fingerprint density at radius 2 is 1.79 bits per heavy atom. The molecule has 2 aromatic carbocycles. The zero-order valence-electron chi connectivity index (χ0n) is 13.1. The average molecular weight is 386 g/mol. The fourth-order valence-corrected chi connectivity index (χ4v) is 3.18. The SMILES string of the molecule is Cn1cc([C@@H](CC(=O)c2ccc(Br)cc2)C(=O)O)c2ccccc21. The first-order chi connectivity index (χ1) is 11.5. The van der Waals surface area contributed by atoms with Gasteiger partial charge >= 0.3 is 5.97 Å². The van der Waals surface area contributed by atoms with Crippen molar-refractivity contribution in [2.75, 3.05) is 0 Å². The largest absolute Gasteiger partial charge is 0.481 e. The lowest BCUT2D eigenvalue weighted by atomic mass is 9.91. The Morgan fingerprint density at radius 3 is 2.46 bits per heavy atom. The van der Waals surface area contributed by atoms with Crippen molar-refractivity contribution in [3.05, 3.63) is 70.3 Å². The standard InChI is InChI=1S/C19H16BrNO3/c1-21-11-16(14-4-2-3-5-17(14)21)15(19(23)24)10-18(22)12-6-8-13(20)9-7-12/h2-9,11,15H,10H2,1H3,(H,23,24)/t15-/m1/s1. The molecular formula is C19H16BrNO3. The van der Waals surface area contributed by atoms with E-state index in [1.165, 1.54) is 0 Å². The number of halogens is 1. The number of carboxylic acids is 1. The molecular weight excluding hydrogens is 370 g/mol. The fourth-order valence-electron chi connectivity index (χ4n) is 2.92. The van der Waals surface area contributed by atoms with Gasteiger partial charge in [-0.25, -0.2) is 0 Å². The van der Waals surface area contributed by atoms with Crippen LogP contribution >= 0.6 is 15.9 Å². The lowest BCUT2D eigenvalue weighted by Gasteiger charge is -2.11. The molecule has 3 rings (SSSR count). The Morgan fingerprint density at radius 1 is 1.12 bits per heavy atom. The van der Waals surface area contributed by atoms with Crippen molar-refractivity contribution in [2.24, 2.45) is 7.05 Å². The third kappa shape index (κ3) is 3.12. The second-order valence-electron chi connectivity index (χ2n) is 5.74. The van der Waals surface area contributed by atoms with Gasteiger partial charge in [-0.2, -0.15) is 0 Å². The van der Waals surface area contributed by atoms with Gasteiger partial charge in [0.2, 0.25) is 0 Å². The molecule has 0 amide bonds. The molecule has 0 radical (unpaired) electrons. The van der Waals surface area contributed by atoms with Crippen molar-refractivity contribution in [1.82, 2.24) is 4.57 Å². The predicted octanol–water partition coefficient (Wildman–Crippen LogP) is 4.38. The number of benzene rings is 2. The quantitative estimate of drug-likeness (QED) is 0.662. The van der Waals surface area contributed by atoms with Crippen molar-refractivity contribution in [3.63, 3.8) is 0 Å². The molecule has 122 valence electrons. The van der Waals surface area contributed by atoms with Gasteiger partial charge in [0.25, 0.3) is 0 Å². The van der Waals surface area contributed by atoms with Crippen LogP contribution in [0.3, 0.4) is 0 Å². The van der Waals surface area contributed by atoms with Gasteiger partial charge in [0.05, 0.1) is 5.92 Å². The van der Waals surface area contributed by atoms with Crippen LogP contribution in [0.2, 0.25) is 0 Å². The number of fused-ring (bicyclic) bond motifs is 1. The molecule has 1 N–H and O–H groups in total. The molecule has 4 nitrogen and oxygen atoms in total. The maximum atomic E-state index is 12.5. The summed E-state index contributed by atoms with van der Waals surface area (Å²) >= 11 is 3.33. The first-order valence-corrected chi connectivity index (χ1v) is 8.32. The molecule has 0 saturated carbocycles. The number of hydrogen-bond donors (Lipinski definition) is 1. The van der Waals surface area contributed by atoms with Crippen LogP contribution in [0.1, 0.15) is 28.3 Å². The number of aryl methyl sites for hydroxylation is 1. The molecule has 1 heterocycles. The predicted molar refractivity (Wildman–Crippen MR) is 96.4 cm³/mol. The van der Waals surface area contributed by atoms with Gasteiger partial charge in [-0.15, -0.1) is 0 Å². The lowest BCUT2D eigenvalue weighted by Crippen LogP contribution is -2.16. The Kier molecular flexibility index (Phi) is 4.53. The van der Waals surface area contributed by atoms with E-state index in [2.05, 4.69) is 15.9 Å². The molecule has 0 unspecified atom stereocenters. The first-order valence-electron chi connectivity index (χ1n) is 7.53. The molecule has 0 bridgehead atoms. The van der Waals surface area contributed by atoms with Crippen LogP contribution in [0, 0.1) is 0 Å². The van der Waals surface area contributed by atoms with Crippen LogP contribution in [0.5, 0.6) is 0 Å². The molecule has 1 atom stereocenters. The summed E-state index contributed by atoms with van der Waals surface area (Å²) in [5.41, 5.74) is 2.14. The normalized spacial score (nSPS) is 12.2. The highest BCUT2D eigenvalue weighted by molar-refractivity contribution is 9.10. The summed E-state index contributed by atoms with van der Waals surface area (Å²) in [4.78, 5) is 24.3. The van der Waals surface area contributed by atoms with E-state index in [-0.39, 0.29) is 12.2 Å². The van der Waals surface area contributed by atoms with Gasteiger partial charge < -0.3 is 9.67 Å². The van der Waals surface area contributed by atoms with Crippen LogP contribution in [0.4, 0.5) is 0 Å². The van der Waals surface area contributed by atoms with Crippen molar-refractivity contribution in [3.8, 4) is 0 Å². The fraction of sp³-hybridized carbons (Fsp3) is 0.158. The summed E-state index contributed by atoms with van der Waals surface area (Å²) in [6.45, 7) is 0. The molecule has 0 aliphatic carbocycles. The molecule has 1 aromatic heterocycles. The molecule has 0 saturated heterocycles. The highest BCUT2D eigenvalue weighted by atomic mass is 79.9. The van der Waals surface area contributed by atoms with Crippen LogP contribution < -0.4 is 0 Å². The number of para-hydroxylation sites is 1. The maximum Gasteiger partial charge on any atom is 0.311 e. The Labute approximate surface area is 147 Å². The van der Waals surface area contributed by atoms with E-state index < -0.39 is 11.9 Å². The highest BCUT2D eigenvalue weighted by Gasteiger charge is 2.27. The lowest BCUT2D eigenvalue weighted by molar-refractivity contribution is -0.138. The Balaban J connectivity index is 1.96. The van der Waals surface area contributed by atoms with Crippen molar-refractivity contribution >= 4 is 38.6 Å². The molecule has 24 heavy (non-hydrogen) atoms. The molecule has 0 spiro atoms. The number of hydrogen-bond acceptors (Lipinski definition) is 2. The number of carbonyl (C=O) groups is 2. The molecule has 5 heteroatoms. The maximum absolute atomic E-state index is 12.5. The van der Waals surface area contributed by atoms with E-state index in [1.54, 1.807) is 30.5 Å². The first kappa shape index (κ1) is 16.5. The van der Waals surface area contributed by atoms with Crippen molar-refractivity contribution in [1.29, 1.82) is 0 Å². The topological polar surface area (TPSA) is 59.3 Å². The summed E-state index contributed by atoms with van der Waals surface area (Å²) in [6.07, 6.45) is 1.74. The van der Waals surface area contributed by atoms with Gasteiger partial charge in [-0.1, -0.05) is 46.3 Å². The van der Waals surface area contributed by atoms with E-state index in [0.29, 0.717) is 11.1 Å². The van der Waals surface area contributed by atoms with Crippen molar-refractivity contribution < 1.29 is 14.7 Å². The monoisotopic (exact) mass is 385 g/mol. The Hall–Kier alpha value is -2.40. The zero-order chi connectivity index (χ0) is 17.3. The number of carboxylic acid groups (broad SMARTS) is 1. The third-order valence-electron chi connectivity index (χ3n) is 4.16. The minimum atomic E-state index is -0.989. The van der Waals surface area contributed by atoms with E-state index in [9.17, 15) is 14.7 Å².